The van der Waals surface area contributed by atoms with Crippen LogP contribution in [0.3, 0.4) is 0 Å². The maximum atomic E-state index is 12.0. The van der Waals surface area contributed by atoms with Crippen LogP contribution in [-0.2, 0) is 16.0 Å². The third-order valence-corrected chi connectivity index (χ3v) is 3.67. The predicted molar refractivity (Wildman–Crippen MR) is 80.1 cm³/mol. The van der Waals surface area contributed by atoms with E-state index in [9.17, 15) is 9.59 Å². The number of carbonyl (C=O) groups is 2. The molecule has 1 fully saturated rings. The lowest BCUT2D eigenvalue weighted by molar-refractivity contribution is -0.128. The highest BCUT2D eigenvalue weighted by atomic mass is 16.5. The molecular weight excluding hydrogens is 268 g/mol. The van der Waals surface area contributed by atoms with Crippen molar-refractivity contribution in [1.82, 2.24) is 10.6 Å². The van der Waals surface area contributed by atoms with Crippen LogP contribution in [0.15, 0.2) is 24.3 Å². The maximum Gasteiger partial charge on any atom is 0.242 e. The van der Waals surface area contributed by atoms with Gasteiger partial charge in [0.15, 0.2) is 0 Å². The summed E-state index contributed by atoms with van der Waals surface area (Å²) in [6, 6.07) is 7.40. The molecule has 0 spiro atoms. The van der Waals surface area contributed by atoms with Crippen molar-refractivity contribution in [2.24, 2.45) is 0 Å². The van der Waals surface area contributed by atoms with E-state index >= 15 is 0 Å². The molecule has 0 aliphatic carbocycles. The first-order chi connectivity index (χ1) is 10.2. The third-order valence-electron chi connectivity index (χ3n) is 3.67. The molecule has 114 valence electrons. The number of amides is 2. The summed E-state index contributed by atoms with van der Waals surface area (Å²) in [5.41, 5.74) is 1.14. The Morgan fingerprint density at radius 3 is 2.81 bits per heavy atom. The first-order valence-corrected chi connectivity index (χ1v) is 7.39. The fourth-order valence-electron chi connectivity index (χ4n) is 2.41. The second-order valence-corrected chi connectivity index (χ2v) is 5.25. The molecule has 2 N–H and O–H groups in total. The number of hydrogen-bond donors (Lipinski definition) is 2. The minimum Gasteiger partial charge on any atom is -0.497 e. The van der Waals surface area contributed by atoms with Gasteiger partial charge in [0.2, 0.25) is 11.8 Å². The van der Waals surface area contributed by atoms with Crippen LogP contribution in [0.25, 0.3) is 0 Å². The van der Waals surface area contributed by atoms with Gasteiger partial charge in [-0.1, -0.05) is 18.6 Å². The molecule has 2 rings (SSSR count). The minimum atomic E-state index is -0.379. The van der Waals surface area contributed by atoms with Crippen LogP contribution in [0.1, 0.15) is 31.2 Å². The zero-order valence-electron chi connectivity index (χ0n) is 12.4. The van der Waals surface area contributed by atoms with E-state index in [-0.39, 0.29) is 17.9 Å². The van der Waals surface area contributed by atoms with Gasteiger partial charge in [0, 0.05) is 13.0 Å². The minimum absolute atomic E-state index is 0.0252. The van der Waals surface area contributed by atoms with Crippen molar-refractivity contribution >= 4 is 11.8 Å². The molecule has 1 aromatic carbocycles. The zero-order chi connectivity index (χ0) is 15.1. The quantitative estimate of drug-likeness (QED) is 0.861. The predicted octanol–water partition coefficient (Wildman–Crippen LogP) is 1.41. The third kappa shape index (κ3) is 4.77. The standard InChI is InChI=1S/C16H22N2O3/c1-21-13-8-6-12(7-9-13)10-11-17-16(20)14-4-2-3-5-15(19)18-14/h6-9,14H,2-5,10-11H2,1H3,(H,17,20)(H,18,19). The monoisotopic (exact) mass is 290 g/mol. The molecule has 1 atom stereocenters. The van der Waals surface area contributed by atoms with E-state index in [0.29, 0.717) is 13.0 Å². The van der Waals surface area contributed by atoms with E-state index in [0.717, 1.165) is 37.0 Å². The number of nitrogens with one attached hydrogen (secondary N) is 2. The molecule has 1 saturated heterocycles. The molecule has 1 aromatic rings. The number of rotatable bonds is 5. The number of methoxy groups -OCH3 is 1. The summed E-state index contributed by atoms with van der Waals surface area (Å²) in [5, 5.41) is 5.67. The summed E-state index contributed by atoms with van der Waals surface area (Å²) in [5.74, 6) is 0.713. The van der Waals surface area contributed by atoms with Crippen LogP contribution < -0.4 is 15.4 Å². The highest BCUT2D eigenvalue weighted by Crippen LogP contribution is 2.12. The summed E-state index contributed by atoms with van der Waals surface area (Å²) in [4.78, 5) is 23.5. The Labute approximate surface area is 125 Å². The SMILES string of the molecule is COc1ccc(CCNC(=O)C2CCCCC(=O)N2)cc1. The summed E-state index contributed by atoms with van der Waals surface area (Å²) in [6.45, 7) is 0.567. The summed E-state index contributed by atoms with van der Waals surface area (Å²) >= 11 is 0. The second-order valence-electron chi connectivity index (χ2n) is 5.25. The van der Waals surface area contributed by atoms with Crippen molar-refractivity contribution in [3.05, 3.63) is 29.8 Å². The van der Waals surface area contributed by atoms with E-state index in [1.807, 2.05) is 24.3 Å². The first-order valence-electron chi connectivity index (χ1n) is 7.39. The summed E-state index contributed by atoms with van der Waals surface area (Å²) in [7, 11) is 1.64. The molecule has 0 bridgehead atoms. The molecule has 1 aliphatic rings. The number of benzene rings is 1. The Morgan fingerprint density at radius 2 is 2.10 bits per heavy atom. The average Bonchev–Trinajstić information content (AvgIpc) is 2.72. The maximum absolute atomic E-state index is 12.0. The van der Waals surface area contributed by atoms with E-state index in [2.05, 4.69) is 10.6 Å². The molecule has 0 aromatic heterocycles. The van der Waals surface area contributed by atoms with Crippen LogP contribution in [0.4, 0.5) is 0 Å². The van der Waals surface area contributed by atoms with E-state index < -0.39 is 0 Å². The Morgan fingerprint density at radius 1 is 1.33 bits per heavy atom. The lowest BCUT2D eigenvalue weighted by Gasteiger charge is -2.15. The Kier molecular flexibility index (Phi) is 5.60. The Balaban J connectivity index is 1.76. The van der Waals surface area contributed by atoms with Crippen LogP contribution in [0, 0.1) is 0 Å². The molecule has 1 unspecified atom stereocenters. The van der Waals surface area contributed by atoms with Gasteiger partial charge in [0.1, 0.15) is 11.8 Å². The topological polar surface area (TPSA) is 67.4 Å². The summed E-state index contributed by atoms with van der Waals surface area (Å²) < 4.78 is 5.10. The Bertz CT molecular complexity index is 485. The fourth-order valence-corrected chi connectivity index (χ4v) is 2.41. The molecule has 2 amide bonds. The van der Waals surface area contributed by atoms with Gasteiger partial charge in [-0.25, -0.2) is 0 Å². The lowest BCUT2D eigenvalue weighted by atomic mass is 10.1. The van der Waals surface area contributed by atoms with Gasteiger partial charge in [-0.15, -0.1) is 0 Å². The van der Waals surface area contributed by atoms with Crippen LogP contribution in [-0.4, -0.2) is 31.5 Å². The molecule has 0 radical (unpaired) electrons. The molecular formula is C16H22N2O3. The number of carbonyl (C=O) groups excluding carboxylic acids is 2. The molecule has 0 saturated carbocycles. The smallest absolute Gasteiger partial charge is 0.242 e. The van der Waals surface area contributed by atoms with Gasteiger partial charge in [0.25, 0.3) is 0 Å². The summed E-state index contributed by atoms with van der Waals surface area (Å²) in [6.07, 6.45) is 3.78. The van der Waals surface area contributed by atoms with Gasteiger partial charge >= 0.3 is 0 Å². The number of hydrogen-bond acceptors (Lipinski definition) is 3. The van der Waals surface area contributed by atoms with Gasteiger partial charge in [0.05, 0.1) is 7.11 Å². The van der Waals surface area contributed by atoms with Crippen molar-refractivity contribution in [3.63, 3.8) is 0 Å². The highest BCUT2D eigenvalue weighted by molar-refractivity contribution is 5.87. The van der Waals surface area contributed by atoms with Gasteiger partial charge in [-0.05, 0) is 37.0 Å². The molecule has 21 heavy (non-hydrogen) atoms. The molecule has 5 nitrogen and oxygen atoms in total. The Hall–Kier alpha value is -2.04. The molecule has 5 heteroatoms. The van der Waals surface area contributed by atoms with E-state index in [1.54, 1.807) is 7.11 Å². The van der Waals surface area contributed by atoms with Crippen molar-refractivity contribution in [2.45, 2.75) is 38.1 Å². The molecule has 1 aliphatic heterocycles. The van der Waals surface area contributed by atoms with Crippen LogP contribution in [0.5, 0.6) is 5.75 Å². The van der Waals surface area contributed by atoms with E-state index in [1.165, 1.54) is 0 Å². The van der Waals surface area contributed by atoms with Gasteiger partial charge < -0.3 is 15.4 Å². The average molecular weight is 290 g/mol. The van der Waals surface area contributed by atoms with Gasteiger partial charge in [-0.3, -0.25) is 9.59 Å². The van der Waals surface area contributed by atoms with Crippen LogP contribution in [0.2, 0.25) is 0 Å². The van der Waals surface area contributed by atoms with Crippen LogP contribution >= 0.6 is 0 Å². The fraction of sp³-hybridized carbons (Fsp3) is 0.500. The van der Waals surface area contributed by atoms with Crippen molar-refractivity contribution in [3.8, 4) is 5.75 Å². The van der Waals surface area contributed by atoms with E-state index in [4.69, 9.17) is 4.74 Å². The first kappa shape index (κ1) is 15.4. The van der Waals surface area contributed by atoms with Crippen molar-refractivity contribution < 1.29 is 14.3 Å². The largest absolute Gasteiger partial charge is 0.497 e. The van der Waals surface area contributed by atoms with Crippen molar-refractivity contribution in [2.75, 3.05) is 13.7 Å². The normalized spacial score (nSPS) is 18.5. The second kappa shape index (κ2) is 7.67. The zero-order valence-corrected chi connectivity index (χ0v) is 12.4. The van der Waals surface area contributed by atoms with Crippen molar-refractivity contribution in [1.29, 1.82) is 0 Å². The molecule has 1 heterocycles. The highest BCUT2D eigenvalue weighted by Gasteiger charge is 2.22. The lowest BCUT2D eigenvalue weighted by Crippen LogP contribution is -2.46. The van der Waals surface area contributed by atoms with Gasteiger partial charge in [-0.2, -0.15) is 0 Å². The number of ether oxygens (including phenoxy) is 1.